The van der Waals surface area contributed by atoms with Gasteiger partial charge in [0.15, 0.2) is 4.80 Å². The molecule has 0 aliphatic carbocycles. The Morgan fingerprint density at radius 3 is 2.75 bits per heavy atom. The Hall–Kier alpha value is -3.49. The zero-order chi connectivity index (χ0) is 22.1. The second kappa shape index (κ2) is 8.57. The van der Waals surface area contributed by atoms with Crippen LogP contribution in [0.25, 0.3) is 6.08 Å². The number of esters is 1. The molecule has 5 rings (SSSR count). The van der Waals surface area contributed by atoms with E-state index in [0.29, 0.717) is 26.4 Å². The van der Waals surface area contributed by atoms with Crippen LogP contribution in [0.1, 0.15) is 29.2 Å². The number of carbonyl (C=O) groups is 1. The van der Waals surface area contributed by atoms with Gasteiger partial charge in [-0.2, -0.15) is 0 Å². The summed E-state index contributed by atoms with van der Waals surface area (Å²) in [7, 11) is 0. The van der Waals surface area contributed by atoms with Crippen LogP contribution in [-0.2, 0) is 16.1 Å². The molecule has 1 atom stereocenters. The second-order valence-corrected chi connectivity index (χ2v) is 9.16. The van der Waals surface area contributed by atoms with Crippen molar-refractivity contribution in [3.63, 3.8) is 0 Å². The van der Waals surface area contributed by atoms with Crippen molar-refractivity contribution in [2.24, 2.45) is 4.99 Å². The van der Waals surface area contributed by atoms with Gasteiger partial charge in [0.1, 0.15) is 18.4 Å². The molecule has 4 aromatic rings. The molecule has 32 heavy (non-hydrogen) atoms. The van der Waals surface area contributed by atoms with E-state index in [4.69, 9.17) is 9.15 Å². The number of ether oxygens (including phenoxy) is 1. The van der Waals surface area contributed by atoms with Crippen LogP contribution in [0.15, 0.2) is 91.7 Å². The number of rotatable bonds is 5. The van der Waals surface area contributed by atoms with Crippen molar-refractivity contribution in [2.45, 2.75) is 19.6 Å². The highest BCUT2D eigenvalue weighted by atomic mass is 32.1. The first-order valence-corrected chi connectivity index (χ1v) is 11.6. The molecule has 0 amide bonds. The Morgan fingerprint density at radius 1 is 1.19 bits per heavy atom. The number of fused-ring (bicyclic) bond motifs is 1. The third-order valence-corrected chi connectivity index (χ3v) is 6.99. The van der Waals surface area contributed by atoms with Gasteiger partial charge in [0.05, 0.1) is 22.1 Å². The van der Waals surface area contributed by atoms with E-state index in [0.717, 1.165) is 10.4 Å². The zero-order valence-electron chi connectivity index (χ0n) is 17.1. The molecule has 1 aliphatic heterocycles. The minimum atomic E-state index is -0.590. The number of hydrogen-bond donors (Lipinski definition) is 0. The lowest BCUT2D eigenvalue weighted by Gasteiger charge is -2.23. The predicted octanol–water partition coefficient (Wildman–Crippen LogP) is 3.63. The Balaban J connectivity index is 1.59. The zero-order valence-corrected chi connectivity index (χ0v) is 18.7. The maximum absolute atomic E-state index is 13.4. The molecule has 0 saturated carbocycles. The molecule has 0 saturated heterocycles. The third kappa shape index (κ3) is 3.79. The number of furan rings is 1. The molecule has 160 valence electrons. The van der Waals surface area contributed by atoms with Crippen molar-refractivity contribution in [1.82, 2.24) is 4.57 Å². The molecule has 0 fully saturated rings. The standard InChI is InChI=1S/C24H18N2O4S2/c1-15-20(23(28)30-14-16-7-3-2-4-8-16)21(18-10-6-12-31-18)26-22(27)19(32-24(26)25-15)13-17-9-5-11-29-17/h2-13,21H,14H2,1H3/b19-13+/t21-/m0/s1. The van der Waals surface area contributed by atoms with Crippen molar-refractivity contribution in [1.29, 1.82) is 0 Å². The van der Waals surface area contributed by atoms with E-state index in [1.54, 1.807) is 36.0 Å². The first-order chi connectivity index (χ1) is 15.6. The van der Waals surface area contributed by atoms with E-state index in [-0.39, 0.29) is 12.2 Å². The van der Waals surface area contributed by atoms with Crippen LogP contribution >= 0.6 is 22.7 Å². The topological polar surface area (TPSA) is 73.8 Å². The molecule has 4 heterocycles. The van der Waals surface area contributed by atoms with Crippen molar-refractivity contribution in [2.75, 3.05) is 0 Å². The maximum Gasteiger partial charge on any atom is 0.338 e. The van der Waals surface area contributed by atoms with E-state index in [1.807, 2.05) is 47.8 Å². The largest absolute Gasteiger partial charge is 0.465 e. The molecule has 0 radical (unpaired) electrons. The van der Waals surface area contributed by atoms with E-state index >= 15 is 0 Å². The summed E-state index contributed by atoms with van der Waals surface area (Å²) in [5.74, 6) is 0.106. The molecule has 3 aromatic heterocycles. The van der Waals surface area contributed by atoms with Crippen molar-refractivity contribution >= 4 is 34.7 Å². The summed E-state index contributed by atoms with van der Waals surface area (Å²) in [5.41, 5.74) is 1.60. The van der Waals surface area contributed by atoms with Gasteiger partial charge in [0, 0.05) is 11.0 Å². The predicted molar refractivity (Wildman–Crippen MR) is 123 cm³/mol. The summed E-state index contributed by atoms with van der Waals surface area (Å²) in [4.78, 5) is 32.6. The molecule has 6 nitrogen and oxygen atoms in total. The van der Waals surface area contributed by atoms with Gasteiger partial charge in [-0.3, -0.25) is 9.36 Å². The number of allylic oxidation sites excluding steroid dienone is 1. The highest BCUT2D eigenvalue weighted by Gasteiger charge is 2.34. The van der Waals surface area contributed by atoms with Crippen LogP contribution in [0, 0.1) is 0 Å². The molecule has 1 aromatic carbocycles. The number of aromatic nitrogens is 1. The van der Waals surface area contributed by atoms with Crippen molar-refractivity contribution < 1.29 is 13.9 Å². The van der Waals surface area contributed by atoms with Gasteiger partial charge in [-0.05, 0) is 36.1 Å². The Bertz CT molecular complexity index is 1460. The van der Waals surface area contributed by atoms with E-state index < -0.39 is 12.0 Å². The molecule has 0 bridgehead atoms. The summed E-state index contributed by atoms with van der Waals surface area (Å²) in [6.07, 6.45) is 3.25. The van der Waals surface area contributed by atoms with Crippen LogP contribution in [0.5, 0.6) is 0 Å². The molecule has 1 aliphatic rings. The van der Waals surface area contributed by atoms with Crippen LogP contribution in [0.4, 0.5) is 0 Å². The lowest BCUT2D eigenvalue weighted by atomic mass is 10.0. The minimum absolute atomic E-state index is 0.149. The van der Waals surface area contributed by atoms with Gasteiger partial charge in [0.2, 0.25) is 0 Å². The third-order valence-electron chi connectivity index (χ3n) is 5.08. The van der Waals surface area contributed by atoms with Gasteiger partial charge in [-0.15, -0.1) is 11.3 Å². The normalized spacial score (nSPS) is 16.0. The summed E-state index contributed by atoms with van der Waals surface area (Å²) in [6.45, 7) is 1.93. The summed E-state index contributed by atoms with van der Waals surface area (Å²) in [6, 6.07) is 16.3. The lowest BCUT2D eigenvalue weighted by Crippen LogP contribution is -2.39. The van der Waals surface area contributed by atoms with E-state index in [2.05, 4.69) is 4.99 Å². The molecule has 0 unspecified atom stereocenters. The number of benzene rings is 1. The lowest BCUT2D eigenvalue weighted by molar-refractivity contribution is -0.140. The van der Waals surface area contributed by atoms with E-state index in [9.17, 15) is 9.59 Å². The fourth-order valence-corrected chi connectivity index (χ4v) is 5.45. The van der Waals surface area contributed by atoms with Crippen LogP contribution in [0.2, 0.25) is 0 Å². The van der Waals surface area contributed by atoms with Gasteiger partial charge in [-0.25, -0.2) is 9.79 Å². The Morgan fingerprint density at radius 2 is 2.03 bits per heavy atom. The van der Waals surface area contributed by atoms with Gasteiger partial charge in [0.25, 0.3) is 5.56 Å². The maximum atomic E-state index is 13.4. The fourth-order valence-electron chi connectivity index (χ4n) is 3.60. The average molecular weight is 463 g/mol. The number of thiazole rings is 1. The van der Waals surface area contributed by atoms with Gasteiger partial charge < -0.3 is 9.15 Å². The van der Waals surface area contributed by atoms with Gasteiger partial charge in [-0.1, -0.05) is 47.7 Å². The average Bonchev–Trinajstić information content (AvgIpc) is 3.55. The summed E-state index contributed by atoms with van der Waals surface area (Å²) in [5, 5.41) is 1.93. The Kier molecular flexibility index (Phi) is 5.46. The molecular weight excluding hydrogens is 444 g/mol. The van der Waals surface area contributed by atoms with Crippen LogP contribution < -0.4 is 14.9 Å². The smallest absolute Gasteiger partial charge is 0.338 e. The minimum Gasteiger partial charge on any atom is -0.465 e. The SMILES string of the molecule is CC1=C(C(=O)OCc2ccccc2)[C@H](c2cccs2)n2c(s/c(=C/c3ccco3)c2=O)=N1. The molecule has 0 N–H and O–H groups in total. The number of hydrogen-bond acceptors (Lipinski definition) is 7. The monoisotopic (exact) mass is 462 g/mol. The summed E-state index contributed by atoms with van der Waals surface area (Å²) >= 11 is 2.76. The number of thiophene rings is 1. The number of carbonyl (C=O) groups excluding carboxylic acids is 1. The molecule has 8 heteroatoms. The Labute approximate surface area is 191 Å². The van der Waals surface area contributed by atoms with E-state index in [1.165, 1.54) is 22.7 Å². The first-order valence-electron chi connectivity index (χ1n) is 9.92. The molecular formula is C24H18N2O4S2. The highest BCUT2D eigenvalue weighted by molar-refractivity contribution is 7.10. The van der Waals surface area contributed by atoms with Crippen LogP contribution in [-0.4, -0.2) is 10.5 Å². The second-order valence-electron chi connectivity index (χ2n) is 7.17. The van der Waals surface area contributed by atoms with Gasteiger partial charge >= 0.3 is 5.97 Å². The number of nitrogens with zero attached hydrogens (tertiary/aromatic N) is 2. The first kappa shape index (κ1) is 20.4. The summed E-state index contributed by atoms with van der Waals surface area (Å²) < 4.78 is 13.1. The fraction of sp³-hybridized carbons (Fsp3) is 0.125. The highest BCUT2D eigenvalue weighted by Crippen LogP contribution is 2.33. The molecule has 0 spiro atoms. The van der Waals surface area contributed by atoms with Crippen molar-refractivity contribution in [3.05, 3.63) is 113 Å². The quantitative estimate of drug-likeness (QED) is 0.425. The van der Waals surface area contributed by atoms with Crippen LogP contribution in [0.3, 0.4) is 0 Å². The van der Waals surface area contributed by atoms with Crippen molar-refractivity contribution in [3.8, 4) is 0 Å².